The molecule has 0 fully saturated rings. The van der Waals surface area contributed by atoms with Gasteiger partial charge in [0.05, 0.1) is 13.2 Å². The number of Topliss-reactive ketones (excluding diaryl/α,β-unsaturated/α-hetero) is 1. The minimum Gasteiger partial charge on any atom is -0.395 e. The summed E-state index contributed by atoms with van der Waals surface area (Å²) in [5.41, 5.74) is 1.84. The molecule has 5 heteroatoms. The predicted molar refractivity (Wildman–Crippen MR) is 116 cm³/mol. The number of rotatable bonds is 5. The van der Waals surface area contributed by atoms with Gasteiger partial charge in [-0.1, -0.05) is 54.6 Å². The van der Waals surface area contributed by atoms with Gasteiger partial charge in [0.2, 0.25) is 5.78 Å². The van der Waals surface area contributed by atoms with Gasteiger partial charge in [0, 0.05) is 24.5 Å². The third-order valence-electron chi connectivity index (χ3n) is 4.54. The van der Waals surface area contributed by atoms with Crippen LogP contribution in [0.25, 0.3) is 16.1 Å². The number of nitriles is 1. The van der Waals surface area contributed by atoms with Crippen LogP contribution in [0.2, 0.25) is 0 Å². The molecule has 0 aliphatic carbocycles. The van der Waals surface area contributed by atoms with Crippen LogP contribution in [-0.2, 0) is 0 Å². The molecule has 2 aromatic carbocycles. The van der Waals surface area contributed by atoms with E-state index in [0.717, 1.165) is 5.57 Å². The van der Waals surface area contributed by atoms with Crippen molar-refractivity contribution in [3.8, 4) is 6.07 Å². The number of aliphatic hydroxyl groups excluding tert-OH is 1. The highest BCUT2D eigenvalue weighted by atomic mass is 16.3. The highest BCUT2D eigenvalue weighted by molar-refractivity contribution is 6.28. The first-order valence-electron chi connectivity index (χ1n) is 9.33. The third kappa shape index (κ3) is 4.80. The number of carbonyl (C=O) groups excluding carboxylic acids is 1. The van der Waals surface area contributed by atoms with E-state index in [1.807, 2.05) is 41.6 Å². The Balaban J connectivity index is 1.97. The van der Waals surface area contributed by atoms with E-state index in [1.54, 1.807) is 54.6 Å². The summed E-state index contributed by atoms with van der Waals surface area (Å²) in [6.07, 6.45) is 9.20. The summed E-state index contributed by atoms with van der Waals surface area (Å²) in [6, 6.07) is 17.5. The Morgan fingerprint density at radius 1 is 1.07 bits per heavy atom. The molecule has 0 spiro atoms. The molecule has 1 aliphatic rings. The number of hydrogen-bond donors (Lipinski definition) is 1. The fourth-order valence-corrected chi connectivity index (χ4v) is 2.96. The first-order valence-corrected chi connectivity index (χ1v) is 9.33. The molecule has 0 atom stereocenters. The fourth-order valence-electron chi connectivity index (χ4n) is 2.96. The van der Waals surface area contributed by atoms with Crippen LogP contribution in [0.1, 0.15) is 10.4 Å². The van der Waals surface area contributed by atoms with Gasteiger partial charge >= 0.3 is 0 Å². The highest BCUT2D eigenvalue weighted by Crippen LogP contribution is 2.13. The van der Waals surface area contributed by atoms with Gasteiger partial charge in [-0.3, -0.25) is 4.79 Å². The molecular formula is C25H19N3O2. The lowest BCUT2D eigenvalue weighted by Crippen LogP contribution is -2.16. The van der Waals surface area contributed by atoms with Gasteiger partial charge in [-0.15, -0.1) is 0 Å². The molecule has 1 aliphatic heterocycles. The third-order valence-corrected chi connectivity index (χ3v) is 4.54. The molecule has 1 heterocycles. The summed E-state index contributed by atoms with van der Waals surface area (Å²) in [4.78, 5) is 18.1. The fraction of sp³-hybridized carbons (Fsp3) is 0.0800. The zero-order valence-electron chi connectivity index (χ0n) is 16.2. The quantitative estimate of drug-likeness (QED) is 0.626. The molecule has 0 unspecified atom stereocenters. The van der Waals surface area contributed by atoms with Crippen LogP contribution in [-0.4, -0.2) is 28.9 Å². The van der Waals surface area contributed by atoms with Crippen molar-refractivity contribution in [2.24, 2.45) is 0 Å². The highest BCUT2D eigenvalue weighted by Gasteiger charge is 2.12. The Kier molecular flexibility index (Phi) is 6.74. The van der Waals surface area contributed by atoms with Crippen molar-refractivity contribution >= 4 is 17.1 Å². The minimum atomic E-state index is -0.327. The Hall–Kier alpha value is -4.19. The Bertz CT molecular complexity index is 1200. The van der Waals surface area contributed by atoms with Gasteiger partial charge in [-0.25, -0.2) is 4.85 Å². The van der Waals surface area contributed by atoms with E-state index in [4.69, 9.17) is 11.7 Å². The number of hydrogen-bond acceptors (Lipinski definition) is 4. The average Bonchev–Trinajstić information content (AvgIpc) is 2.80. The van der Waals surface area contributed by atoms with E-state index in [9.17, 15) is 10.1 Å². The lowest BCUT2D eigenvalue weighted by Gasteiger charge is -2.17. The number of allylic oxidation sites excluding steroid dienone is 3. The van der Waals surface area contributed by atoms with Crippen LogP contribution in [0.15, 0.2) is 90.8 Å². The predicted octanol–water partition coefficient (Wildman–Crippen LogP) is 2.53. The van der Waals surface area contributed by atoms with Crippen LogP contribution in [0.5, 0.6) is 0 Å². The van der Waals surface area contributed by atoms with E-state index in [1.165, 1.54) is 0 Å². The van der Waals surface area contributed by atoms with E-state index in [0.29, 0.717) is 28.2 Å². The van der Waals surface area contributed by atoms with Gasteiger partial charge < -0.3 is 10.0 Å². The van der Waals surface area contributed by atoms with Crippen LogP contribution < -0.4 is 10.4 Å². The van der Waals surface area contributed by atoms with Crippen molar-refractivity contribution < 1.29 is 9.90 Å². The number of carbonyl (C=O) groups is 1. The molecule has 0 aromatic heterocycles. The summed E-state index contributed by atoms with van der Waals surface area (Å²) < 4.78 is 0. The topological polar surface area (TPSA) is 68.7 Å². The lowest BCUT2D eigenvalue weighted by atomic mass is 10.0. The number of nitrogens with zero attached hydrogens (tertiary/aromatic N) is 3. The normalized spacial score (nSPS) is 12.1. The number of benzene rings is 2. The van der Waals surface area contributed by atoms with Crippen molar-refractivity contribution in [2.45, 2.75) is 0 Å². The monoisotopic (exact) mass is 393 g/mol. The van der Waals surface area contributed by atoms with E-state index in [-0.39, 0.29) is 18.0 Å². The minimum absolute atomic E-state index is 0.0635. The first-order chi connectivity index (χ1) is 14.7. The Morgan fingerprint density at radius 2 is 1.70 bits per heavy atom. The van der Waals surface area contributed by atoms with E-state index < -0.39 is 0 Å². The summed E-state index contributed by atoms with van der Waals surface area (Å²) in [5, 5.41) is 19.7. The molecule has 0 saturated heterocycles. The van der Waals surface area contributed by atoms with Crippen molar-refractivity contribution in [3.05, 3.63) is 118 Å². The maximum atomic E-state index is 12.6. The van der Waals surface area contributed by atoms with Gasteiger partial charge in [-0.2, -0.15) is 5.26 Å². The van der Waals surface area contributed by atoms with Crippen LogP contribution >= 0.6 is 0 Å². The zero-order valence-corrected chi connectivity index (χ0v) is 16.2. The second-order valence-electron chi connectivity index (χ2n) is 6.49. The van der Waals surface area contributed by atoms with E-state index in [2.05, 4.69) is 4.85 Å². The van der Waals surface area contributed by atoms with Crippen LogP contribution in [0.3, 0.4) is 0 Å². The van der Waals surface area contributed by atoms with Crippen molar-refractivity contribution in [2.75, 3.05) is 13.2 Å². The molecule has 1 N–H and O–H groups in total. The van der Waals surface area contributed by atoms with Crippen LogP contribution in [0.4, 0.5) is 0 Å². The zero-order chi connectivity index (χ0) is 21.3. The van der Waals surface area contributed by atoms with Gasteiger partial charge in [-0.05, 0) is 34.2 Å². The molecular weight excluding hydrogens is 374 g/mol. The van der Waals surface area contributed by atoms with Gasteiger partial charge in [0.25, 0.3) is 0 Å². The Morgan fingerprint density at radius 3 is 2.27 bits per heavy atom. The molecule has 0 bridgehead atoms. The number of ketones is 1. The Labute approximate surface area is 174 Å². The second-order valence-corrected chi connectivity index (χ2v) is 6.49. The molecule has 30 heavy (non-hydrogen) atoms. The smallest absolute Gasteiger partial charge is 0.204 e. The van der Waals surface area contributed by atoms with Crippen molar-refractivity contribution in [1.29, 1.82) is 5.26 Å². The first kappa shape index (κ1) is 20.5. The summed E-state index contributed by atoms with van der Waals surface area (Å²) in [7, 11) is 0. The van der Waals surface area contributed by atoms with E-state index >= 15 is 0 Å². The molecule has 3 rings (SSSR count). The number of aliphatic hydroxyl groups is 1. The molecule has 146 valence electrons. The molecule has 2 aromatic rings. The maximum Gasteiger partial charge on any atom is 0.204 e. The average molecular weight is 393 g/mol. The molecule has 5 nitrogen and oxygen atoms in total. The largest absolute Gasteiger partial charge is 0.395 e. The summed E-state index contributed by atoms with van der Waals surface area (Å²) in [6.45, 7) is 8.09. The molecule has 0 amide bonds. The van der Waals surface area contributed by atoms with Gasteiger partial charge in [0.1, 0.15) is 11.6 Å². The standard InChI is InChI=1S/C25H19N3O2/c1-27-24(17-19-11-13-28(14-12-19)15-16-29)21-9-7-20(8-10-21)23(18-26)25(30)22-5-3-2-4-6-22/h2-14,17,29H,15-16H2. The molecule has 0 saturated carbocycles. The van der Waals surface area contributed by atoms with Gasteiger partial charge in [0.15, 0.2) is 5.70 Å². The SMILES string of the molecule is [C-]#[N+]C(C=C1C=CN(CCO)C=C1)=c1ccc(=C(C#N)C(=O)c2ccccc2)cc1. The summed E-state index contributed by atoms with van der Waals surface area (Å²) >= 11 is 0. The lowest BCUT2D eigenvalue weighted by molar-refractivity contribution is 0.105. The van der Waals surface area contributed by atoms with Crippen molar-refractivity contribution in [3.63, 3.8) is 0 Å². The number of β-amino-alcohol motifs (C(OH)–C–C–N with tert-alkyl or cyclic N) is 1. The summed E-state index contributed by atoms with van der Waals surface area (Å²) in [5.74, 6) is -0.327. The van der Waals surface area contributed by atoms with Crippen LogP contribution in [0, 0.1) is 17.9 Å². The molecule has 0 radical (unpaired) electrons. The second kappa shape index (κ2) is 9.84. The maximum absolute atomic E-state index is 12.6. The van der Waals surface area contributed by atoms with Crippen molar-refractivity contribution in [1.82, 2.24) is 4.90 Å².